The van der Waals surface area contributed by atoms with Crippen molar-refractivity contribution in [3.8, 4) is 11.9 Å². The molecule has 0 aliphatic heterocycles. The number of hydrogen-bond donors (Lipinski definition) is 1. The monoisotopic (exact) mass is 427 g/mol. The molecular formula is C27H29N3O2. The van der Waals surface area contributed by atoms with Crippen molar-refractivity contribution >= 4 is 5.91 Å². The fourth-order valence-electron chi connectivity index (χ4n) is 3.60. The average Bonchev–Trinajstić information content (AvgIpc) is 2.79. The van der Waals surface area contributed by atoms with Gasteiger partial charge in [-0.25, -0.2) is 4.98 Å². The Morgan fingerprint density at radius 3 is 2.53 bits per heavy atom. The molecule has 0 aliphatic carbocycles. The summed E-state index contributed by atoms with van der Waals surface area (Å²) in [6.45, 7) is 7.51. The maximum absolute atomic E-state index is 13.1. The van der Waals surface area contributed by atoms with Gasteiger partial charge in [-0.1, -0.05) is 48.0 Å². The van der Waals surface area contributed by atoms with E-state index in [4.69, 9.17) is 4.74 Å². The van der Waals surface area contributed by atoms with Gasteiger partial charge in [-0.15, -0.1) is 0 Å². The summed E-state index contributed by atoms with van der Waals surface area (Å²) in [5.74, 6) is 0.167. The van der Waals surface area contributed by atoms with Gasteiger partial charge in [-0.05, 0) is 63.4 Å². The standard InChI is InChI=1S/C27H29N3O2/c1-19-11-13-21(14-12-19)17-24(23-9-7-8-22(16-23)18-28)20(2)30-26(31)27(3,4)32-25-10-5-6-15-29-25/h5-16,20,24H,17H2,1-4H3,(H,30,31). The highest BCUT2D eigenvalue weighted by Crippen LogP contribution is 2.27. The minimum atomic E-state index is -1.09. The number of nitrogens with one attached hydrogen (secondary N) is 1. The molecule has 2 atom stereocenters. The largest absolute Gasteiger partial charge is 0.462 e. The van der Waals surface area contributed by atoms with Crippen LogP contribution in [0.2, 0.25) is 0 Å². The summed E-state index contributed by atoms with van der Waals surface area (Å²) in [7, 11) is 0. The van der Waals surface area contributed by atoms with Gasteiger partial charge in [0.05, 0.1) is 11.6 Å². The van der Waals surface area contributed by atoms with Gasteiger partial charge in [0.15, 0.2) is 5.60 Å². The highest BCUT2D eigenvalue weighted by Gasteiger charge is 2.33. The lowest BCUT2D eigenvalue weighted by Gasteiger charge is -2.30. The zero-order valence-electron chi connectivity index (χ0n) is 19.0. The first-order valence-corrected chi connectivity index (χ1v) is 10.7. The van der Waals surface area contributed by atoms with E-state index in [2.05, 4.69) is 47.6 Å². The minimum absolute atomic E-state index is 0.0133. The van der Waals surface area contributed by atoms with Crippen molar-refractivity contribution in [2.75, 3.05) is 0 Å². The van der Waals surface area contributed by atoms with E-state index < -0.39 is 5.60 Å². The number of carbonyl (C=O) groups is 1. The molecule has 1 heterocycles. The van der Waals surface area contributed by atoms with Gasteiger partial charge in [0.1, 0.15) is 0 Å². The van der Waals surface area contributed by atoms with Crippen LogP contribution in [0.15, 0.2) is 72.9 Å². The van der Waals surface area contributed by atoms with Gasteiger partial charge in [0.2, 0.25) is 5.88 Å². The normalized spacial score (nSPS) is 13.0. The molecule has 1 N–H and O–H groups in total. The van der Waals surface area contributed by atoms with Crippen LogP contribution in [-0.4, -0.2) is 22.5 Å². The highest BCUT2D eigenvalue weighted by molar-refractivity contribution is 5.85. The maximum atomic E-state index is 13.1. The van der Waals surface area contributed by atoms with Crippen molar-refractivity contribution < 1.29 is 9.53 Å². The SMILES string of the molecule is Cc1ccc(CC(c2cccc(C#N)c2)C(C)NC(=O)C(C)(C)Oc2ccccn2)cc1. The lowest BCUT2D eigenvalue weighted by atomic mass is 9.85. The topological polar surface area (TPSA) is 75.0 Å². The number of aromatic nitrogens is 1. The molecule has 0 spiro atoms. The molecule has 164 valence electrons. The fraction of sp³-hybridized carbons (Fsp3) is 0.296. The molecule has 3 aromatic rings. The molecule has 0 saturated carbocycles. The first kappa shape index (κ1) is 23.0. The van der Waals surface area contributed by atoms with Crippen molar-refractivity contribution in [1.82, 2.24) is 10.3 Å². The Morgan fingerprint density at radius 1 is 1.12 bits per heavy atom. The summed E-state index contributed by atoms with van der Waals surface area (Å²) in [5.41, 5.74) is 2.90. The van der Waals surface area contributed by atoms with E-state index in [-0.39, 0.29) is 17.9 Å². The van der Waals surface area contributed by atoms with Gasteiger partial charge in [-0.3, -0.25) is 4.79 Å². The molecule has 0 aliphatic rings. The lowest BCUT2D eigenvalue weighted by Crippen LogP contribution is -2.51. The first-order chi connectivity index (χ1) is 15.3. The number of aryl methyl sites for hydroxylation is 1. The Morgan fingerprint density at radius 2 is 1.88 bits per heavy atom. The van der Waals surface area contributed by atoms with Gasteiger partial charge < -0.3 is 10.1 Å². The second kappa shape index (κ2) is 10.1. The van der Waals surface area contributed by atoms with Gasteiger partial charge in [0.25, 0.3) is 5.91 Å². The Balaban J connectivity index is 1.82. The number of ether oxygens (including phenoxy) is 1. The number of hydrogen-bond acceptors (Lipinski definition) is 4. The number of benzene rings is 2. The van der Waals surface area contributed by atoms with E-state index in [0.29, 0.717) is 11.4 Å². The molecule has 0 bridgehead atoms. The third-order valence-electron chi connectivity index (χ3n) is 5.53. The van der Waals surface area contributed by atoms with Crippen LogP contribution in [-0.2, 0) is 11.2 Å². The molecule has 32 heavy (non-hydrogen) atoms. The van der Waals surface area contributed by atoms with Crippen LogP contribution < -0.4 is 10.1 Å². The molecule has 2 unspecified atom stereocenters. The molecular weight excluding hydrogens is 398 g/mol. The number of amides is 1. The predicted molar refractivity (Wildman–Crippen MR) is 125 cm³/mol. The molecule has 0 radical (unpaired) electrons. The zero-order chi connectivity index (χ0) is 23.1. The van der Waals surface area contributed by atoms with Gasteiger partial charge in [-0.2, -0.15) is 5.26 Å². The zero-order valence-corrected chi connectivity index (χ0v) is 19.0. The highest BCUT2D eigenvalue weighted by atomic mass is 16.5. The third kappa shape index (κ3) is 5.95. The van der Waals surface area contributed by atoms with Crippen LogP contribution >= 0.6 is 0 Å². The van der Waals surface area contributed by atoms with Crippen molar-refractivity contribution in [3.05, 3.63) is 95.2 Å². The molecule has 3 rings (SSSR count). The number of nitriles is 1. The van der Waals surface area contributed by atoms with Crippen molar-refractivity contribution in [2.45, 2.75) is 51.7 Å². The molecule has 0 saturated heterocycles. The summed E-state index contributed by atoms with van der Waals surface area (Å²) in [5, 5.41) is 12.5. The van der Waals surface area contributed by atoms with Crippen molar-refractivity contribution in [2.24, 2.45) is 0 Å². The fourth-order valence-corrected chi connectivity index (χ4v) is 3.60. The van der Waals surface area contributed by atoms with E-state index in [1.165, 1.54) is 11.1 Å². The summed E-state index contributed by atoms with van der Waals surface area (Å²) in [6.07, 6.45) is 2.36. The van der Waals surface area contributed by atoms with Crippen LogP contribution in [0.4, 0.5) is 0 Å². The second-order valence-electron chi connectivity index (χ2n) is 8.58. The Labute approximate surface area is 190 Å². The molecule has 1 amide bonds. The summed E-state index contributed by atoms with van der Waals surface area (Å²) >= 11 is 0. The van der Waals surface area contributed by atoms with Crippen LogP contribution in [0.1, 0.15) is 48.9 Å². The van der Waals surface area contributed by atoms with E-state index in [1.807, 2.05) is 31.2 Å². The quantitative estimate of drug-likeness (QED) is 0.552. The minimum Gasteiger partial charge on any atom is -0.462 e. The van der Waals surface area contributed by atoms with Gasteiger partial charge >= 0.3 is 0 Å². The van der Waals surface area contributed by atoms with E-state index in [9.17, 15) is 10.1 Å². The third-order valence-corrected chi connectivity index (χ3v) is 5.53. The van der Waals surface area contributed by atoms with Crippen LogP contribution in [0.5, 0.6) is 5.88 Å². The second-order valence-corrected chi connectivity index (χ2v) is 8.58. The Kier molecular flexibility index (Phi) is 7.27. The van der Waals surface area contributed by atoms with Crippen LogP contribution in [0.25, 0.3) is 0 Å². The average molecular weight is 428 g/mol. The van der Waals surface area contributed by atoms with Gasteiger partial charge in [0, 0.05) is 24.2 Å². The number of nitrogens with zero attached hydrogens (tertiary/aromatic N) is 2. The molecule has 5 heteroatoms. The molecule has 1 aromatic heterocycles. The number of carbonyl (C=O) groups excluding carboxylic acids is 1. The molecule has 2 aromatic carbocycles. The first-order valence-electron chi connectivity index (χ1n) is 10.7. The Bertz CT molecular complexity index is 1090. The summed E-state index contributed by atoms with van der Waals surface area (Å²) in [6, 6.07) is 23.4. The van der Waals surface area contributed by atoms with Crippen molar-refractivity contribution in [3.63, 3.8) is 0 Å². The van der Waals surface area contributed by atoms with E-state index in [0.717, 1.165) is 12.0 Å². The van der Waals surface area contributed by atoms with Crippen molar-refractivity contribution in [1.29, 1.82) is 5.26 Å². The molecule has 0 fully saturated rings. The number of rotatable bonds is 8. The smallest absolute Gasteiger partial charge is 0.263 e. The van der Waals surface area contributed by atoms with Crippen LogP contribution in [0, 0.1) is 18.3 Å². The maximum Gasteiger partial charge on any atom is 0.263 e. The van der Waals surface area contributed by atoms with E-state index >= 15 is 0 Å². The summed E-state index contributed by atoms with van der Waals surface area (Å²) in [4.78, 5) is 17.3. The lowest BCUT2D eigenvalue weighted by molar-refractivity contribution is -0.135. The predicted octanol–water partition coefficient (Wildman–Crippen LogP) is 4.95. The Hall–Kier alpha value is -3.65. The summed E-state index contributed by atoms with van der Waals surface area (Å²) < 4.78 is 5.85. The van der Waals surface area contributed by atoms with Crippen LogP contribution in [0.3, 0.4) is 0 Å². The number of pyridine rings is 1. The molecule has 5 nitrogen and oxygen atoms in total. The van der Waals surface area contributed by atoms with E-state index in [1.54, 1.807) is 38.2 Å².